The van der Waals surface area contributed by atoms with E-state index < -0.39 is 0 Å². The average Bonchev–Trinajstić information content (AvgIpc) is 2.72. The van der Waals surface area contributed by atoms with E-state index in [0.29, 0.717) is 0 Å². The van der Waals surface area contributed by atoms with E-state index in [4.69, 9.17) is 0 Å². The average molecular weight is 379 g/mol. The lowest BCUT2D eigenvalue weighted by molar-refractivity contribution is 0.101. The van der Waals surface area contributed by atoms with Crippen LogP contribution in [0.25, 0.3) is 22.3 Å². The van der Waals surface area contributed by atoms with Crippen molar-refractivity contribution in [1.82, 2.24) is 0 Å². The number of hydrogen-bond acceptors (Lipinski definition) is 1. The lowest BCUT2D eigenvalue weighted by atomic mass is 9.92. The number of ketones is 1. The zero-order valence-corrected chi connectivity index (χ0v) is 17.3. The maximum Gasteiger partial charge on any atom is 0.159 e. The molecule has 0 bridgehead atoms. The van der Waals surface area contributed by atoms with Crippen LogP contribution in [0.3, 0.4) is 0 Å². The number of rotatable bonds is 6. The summed E-state index contributed by atoms with van der Waals surface area (Å²) in [5.41, 5.74) is 9.48. The summed E-state index contributed by atoms with van der Waals surface area (Å²) in [6.07, 6.45) is 2.11. The lowest BCUT2D eigenvalue weighted by Gasteiger charge is -2.12. The van der Waals surface area contributed by atoms with Gasteiger partial charge in [0.15, 0.2) is 5.78 Å². The van der Waals surface area contributed by atoms with Crippen LogP contribution in [0.1, 0.15) is 40.9 Å². The molecule has 0 radical (unpaired) electrons. The minimum Gasteiger partial charge on any atom is -0.295 e. The number of aryl methyl sites for hydroxylation is 1. The fourth-order valence-electron chi connectivity index (χ4n) is 3.34. The van der Waals surface area contributed by atoms with Gasteiger partial charge in [0.05, 0.1) is 0 Å². The van der Waals surface area contributed by atoms with Crippen molar-refractivity contribution in [2.75, 3.05) is 0 Å². The molecular formula is C28H26O. The molecule has 0 aliphatic heterocycles. The van der Waals surface area contributed by atoms with Gasteiger partial charge in [-0.15, -0.1) is 0 Å². The Kier molecular flexibility index (Phi) is 6.09. The molecule has 0 amide bonds. The molecule has 0 fully saturated rings. The van der Waals surface area contributed by atoms with Gasteiger partial charge in [0.2, 0.25) is 0 Å². The molecule has 144 valence electrons. The van der Waals surface area contributed by atoms with Gasteiger partial charge in [0, 0.05) is 5.56 Å². The zero-order chi connectivity index (χ0) is 21.0. The minimum atomic E-state index is 0.0805. The summed E-state index contributed by atoms with van der Waals surface area (Å²) in [5, 5.41) is 0. The molecule has 1 nitrogen and oxygen atoms in total. The first-order valence-corrected chi connectivity index (χ1v) is 9.71. The van der Waals surface area contributed by atoms with Crippen molar-refractivity contribution in [1.29, 1.82) is 0 Å². The third-order valence-corrected chi connectivity index (χ3v) is 5.09. The van der Waals surface area contributed by atoms with Crippen molar-refractivity contribution in [3.05, 3.63) is 120 Å². The highest BCUT2D eigenvalue weighted by Crippen LogP contribution is 2.29. The third kappa shape index (κ3) is 4.70. The second-order valence-corrected chi connectivity index (χ2v) is 7.39. The van der Waals surface area contributed by atoms with E-state index in [1.54, 1.807) is 6.92 Å². The Morgan fingerprint density at radius 2 is 1.28 bits per heavy atom. The molecule has 0 heterocycles. The Hall–Kier alpha value is -3.45. The van der Waals surface area contributed by atoms with Crippen molar-refractivity contribution in [3.8, 4) is 11.1 Å². The van der Waals surface area contributed by atoms with Crippen LogP contribution in [-0.4, -0.2) is 5.78 Å². The van der Waals surface area contributed by atoms with E-state index in [-0.39, 0.29) is 5.78 Å². The minimum absolute atomic E-state index is 0.0805. The Morgan fingerprint density at radius 1 is 0.759 bits per heavy atom. The van der Waals surface area contributed by atoms with E-state index >= 15 is 0 Å². The molecule has 0 atom stereocenters. The summed E-state index contributed by atoms with van der Waals surface area (Å²) in [6, 6.07) is 24.4. The Bertz CT molecular complexity index is 1090. The molecule has 0 saturated carbocycles. The van der Waals surface area contributed by atoms with Gasteiger partial charge in [-0.25, -0.2) is 0 Å². The van der Waals surface area contributed by atoms with Crippen LogP contribution in [0.4, 0.5) is 0 Å². The van der Waals surface area contributed by atoms with Crippen molar-refractivity contribution in [2.24, 2.45) is 0 Å². The Balaban J connectivity index is 1.87. The number of hydrogen-bond donors (Lipinski definition) is 0. The fourth-order valence-corrected chi connectivity index (χ4v) is 3.34. The van der Waals surface area contributed by atoms with Crippen LogP contribution in [0.15, 0.2) is 97.6 Å². The van der Waals surface area contributed by atoms with Crippen LogP contribution in [0, 0.1) is 6.92 Å². The van der Waals surface area contributed by atoms with Crippen LogP contribution >= 0.6 is 0 Å². The highest BCUT2D eigenvalue weighted by molar-refractivity contribution is 5.94. The maximum absolute atomic E-state index is 11.5. The molecule has 0 saturated heterocycles. The highest BCUT2D eigenvalue weighted by Gasteiger charge is 2.08. The zero-order valence-electron chi connectivity index (χ0n) is 17.3. The number of carbonyl (C=O) groups is 1. The molecule has 1 heteroatoms. The predicted molar refractivity (Wildman–Crippen MR) is 125 cm³/mol. The molecule has 0 aliphatic carbocycles. The number of carbonyl (C=O) groups excluding carboxylic acids is 1. The SMILES string of the molecule is C=C(C)/C(=C/C(=C)c1ccc(-c2ccc(C(C)=O)cc2)cc1)c1ccccc1C. The van der Waals surface area contributed by atoms with Crippen molar-refractivity contribution < 1.29 is 4.79 Å². The van der Waals surface area contributed by atoms with E-state index in [0.717, 1.165) is 39.0 Å². The normalized spacial score (nSPS) is 11.2. The molecule has 0 spiro atoms. The van der Waals surface area contributed by atoms with Crippen molar-refractivity contribution in [3.63, 3.8) is 0 Å². The Labute approximate surface area is 173 Å². The van der Waals surface area contributed by atoms with Crippen molar-refractivity contribution in [2.45, 2.75) is 20.8 Å². The summed E-state index contributed by atoms with van der Waals surface area (Å²) in [5.74, 6) is 0.0805. The first kappa shape index (κ1) is 20.3. The molecule has 0 unspecified atom stereocenters. The smallest absolute Gasteiger partial charge is 0.159 e. The van der Waals surface area contributed by atoms with E-state index in [1.807, 2.05) is 43.3 Å². The quantitative estimate of drug-likeness (QED) is 0.320. The van der Waals surface area contributed by atoms with Gasteiger partial charge in [-0.1, -0.05) is 91.5 Å². The summed E-state index contributed by atoms with van der Waals surface area (Å²) in [4.78, 5) is 11.5. The monoisotopic (exact) mass is 378 g/mol. The summed E-state index contributed by atoms with van der Waals surface area (Å²) >= 11 is 0. The lowest BCUT2D eigenvalue weighted by Crippen LogP contribution is -1.92. The molecule has 3 aromatic rings. The van der Waals surface area contributed by atoms with E-state index in [1.165, 1.54) is 11.1 Å². The first-order chi connectivity index (χ1) is 13.9. The van der Waals surface area contributed by atoms with Crippen LogP contribution in [0.2, 0.25) is 0 Å². The molecule has 0 aromatic heterocycles. The van der Waals surface area contributed by atoms with Crippen LogP contribution in [0.5, 0.6) is 0 Å². The molecule has 3 aromatic carbocycles. The predicted octanol–water partition coefficient (Wildman–Crippen LogP) is 7.54. The Morgan fingerprint density at radius 3 is 1.76 bits per heavy atom. The van der Waals surface area contributed by atoms with E-state index in [9.17, 15) is 4.79 Å². The second kappa shape index (κ2) is 8.70. The largest absolute Gasteiger partial charge is 0.295 e. The van der Waals surface area contributed by atoms with Crippen LogP contribution < -0.4 is 0 Å². The fraction of sp³-hybridized carbons (Fsp3) is 0.107. The van der Waals surface area contributed by atoms with Crippen molar-refractivity contribution >= 4 is 16.9 Å². The van der Waals surface area contributed by atoms with Gasteiger partial charge in [0.25, 0.3) is 0 Å². The molecule has 29 heavy (non-hydrogen) atoms. The van der Waals surface area contributed by atoms with Gasteiger partial charge < -0.3 is 0 Å². The van der Waals surface area contributed by atoms with Gasteiger partial charge in [-0.3, -0.25) is 4.79 Å². The topological polar surface area (TPSA) is 17.1 Å². The first-order valence-electron chi connectivity index (χ1n) is 9.71. The summed E-state index contributed by atoms with van der Waals surface area (Å²) in [6.45, 7) is 14.2. The summed E-state index contributed by atoms with van der Waals surface area (Å²) < 4.78 is 0. The number of Topliss-reactive ketones (excluding diaryl/α,β-unsaturated/α-hetero) is 1. The summed E-state index contributed by atoms with van der Waals surface area (Å²) in [7, 11) is 0. The van der Waals surface area contributed by atoms with Gasteiger partial charge in [-0.05, 0) is 65.8 Å². The second-order valence-electron chi connectivity index (χ2n) is 7.39. The molecular weight excluding hydrogens is 352 g/mol. The van der Waals surface area contributed by atoms with Gasteiger partial charge in [-0.2, -0.15) is 0 Å². The number of benzene rings is 3. The van der Waals surface area contributed by atoms with Gasteiger partial charge in [0.1, 0.15) is 0 Å². The third-order valence-electron chi connectivity index (χ3n) is 5.09. The molecule has 0 aliphatic rings. The molecule has 3 rings (SSSR count). The van der Waals surface area contributed by atoms with E-state index in [2.05, 4.69) is 62.6 Å². The number of allylic oxidation sites excluding steroid dienone is 4. The highest BCUT2D eigenvalue weighted by atomic mass is 16.1. The molecule has 0 N–H and O–H groups in total. The standard InChI is InChI=1S/C28H26O/c1-19(2)28(27-9-7-6-8-20(27)3)18-21(4)23-10-14-25(15-11-23)26-16-12-24(13-17-26)22(5)29/h6-18H,1,4H2,2-3,5H3/b28-18-. The van der Waals surface area contributed by atoms with Gasteiger partial charge >= 0.3 is 0 Å². The van der Waals surface area contributed by atoms with Crippen LogP contribution in [-0.2, 0) is 0 Å². The maximum atomic E-state index is 11.5.